The zero-order valence-corrected chi connectivity index (χ0v) is 12.8. The van der Waals surface area contributed by atoms with Gasteiger partial charge in [-0.2, -0.15) is 0 Å². The molecule has 0 amide bonds. The maximum atomic E-state index is 2.31. The highest BCUT2D eigenvalue weighted by molar-refractivity contribution is 4.46. The van der Waals surface area contributed by atoms with E-state index in [0.717, 1.165) is 11.8 Å². The number of rotatable bonds is 8. The molecule has 0 rings (SSSR count). The van der Waals surface area contributed by atoms with Gasteiger partial charge in [-0.25, -0.2) is 0 Å². The molecule has 0 aliphatic heterocycles. The highest BCUT2D eigenvalue weighted by Crippen LogP contribution is 2.09. The van der Waals surface area contributed by atoms with Gasteiger partial charge in [0, 0.05) is 0 Å². The summed E-state index contributed by atoms with van der Waals surface area (Å²) in [5, 5.41) is 0. The fraction of sp³-hybridized carbons (Fsp3) is 1.00. The summed E-state index contributed by atoms with van der Waals surface area (Å²) in [5.74, 6) is 1.80. The predicted octanol–water partition coefficient (Wildman–Crippen LogP) is 6.45. The first-order chi connectivity index (χ1) is 7.54. The molecule has 100 valence electrons. The van der Waals surface area contributed by atoms with Crippen molar-refractivity contribution < 1.29 is 0 Å². The summed E-state index contributed by atoms with van der Waals surface area (Å²) < 4.78 is 0. The lowest BCUT2D eigenvalue weighted by Gasteiger charge is -2.02. The van der Waals surface area contributed by atoms with Crippen LogP contribution in [0, 0.1) is 11.8 Å². The summed E-state index contributed by atoms with van der Waals surface area (Å²) in [4.78, 5) is 0. The molecule has 0 unspecified atom stereocenters. The molecule has 0 aromatic rings. The van der Waals surface area contributed by atoms with Gasteiger partial charge in [0.25, 0.3) is 0 Å². The van der Waals surface area contributed by atoms with E-state index in [4.69, 9.17) is 0 Å². The second-order valence-corrected chi connectivity index (χ2v) is 5.78. The van der Waals surface area contributed by atoms with E-state index in [0.29, 0.717) is 0 Å². The van der Waals surface area contributed by atoms with Crippen molar-refractivity contribution in [3.05, 3.63) is 0 Å². The van der Waals surface area contributed by atoms with Crippen LogP contribution in [0.4, 0.5) is 0 Å². The van der Waals surface area contributed by atoms with Crippen LogP contribution < -0.4 is 0 Å². The Kier molecular flexibility index (Phi) is 17.2. The van der Waals surface area contributed by atoms with Crippen molar-refractivity contribution in [1.82, 2.24) is 0 Å². The van der Waals surface area contributed by atoms with Gasteiger partial charge < -0.3 is 0 Å². The number of hydrogen-bond acceptors (Lipinski definition) is 0. The molecule has 0 aliphatic rings. The van der Waals surface area contributed by atoms with Crippen LogP contribution in [0.1, 0.15) is 92.9 Å². The second kappa shape index (κ2) is 15.0. The molecule has 0 nitrogen and oxygen atoms in total. The molecule has 0 N–H and O–H groups in total. The molecule has 0 heterocycles. The van der Waals surface area contributed by atoms with Crippen molar-refractivity contribution in [2.45, 2.75) is 92.9 Å². The fourth-order valence-corrected chi connectivity index (χ4v) is 1.73. The Labute approximate surface area is 105 Å². The third kappa shape index (κ3) is 23.7. The monoisotopic (exact) mass is 228 g/mol. The molecule has 0 bridgehead atoms. The molecule has 0 heteroatoms. The maximum absolute atomic E-state index is 2.31. The van der Waals surface area contributed by atoms with Crippen molar-refractivity contribution in [1.29, 1.82) is 0 Å². The van der Waals surface area contributed by atoms with Crippen LogP contribution in [0.25, 0.3) is 0 Å². The van der Waals surface area contributed by atoms with Crippen LogP contribution in [-0.4, -0.2) is 0 Å². The quantitative estimate of drug-likeness (QED) is 0.419. The zero-order valence-electron chi connectivity index (χ0n) is 12.8. The van der Waals surface area contributed by atoms with Gasteiger partial charge >= 0.3 is 0 Å². The highest BCUT2D eigenvalue weighted by atomic mass is 14.0. The Morgan fingerprint density at radius 2 is 1.06 bits per heavy atom. The van der Waals surface area contributed by atoms with Crippen molar-refractivity contribution in [3.63, 3.8) is 0 Å². The first-order valence-electron chi connectivity index (χ1n) is 7.54. The minimum Gasteiger partial charge on any atom is -0.0654 e. The fourth-order valence-electron chi connectivity index (χ4n) is 1.73. The van der Waals surface area contributed by atoms with E-state index in [1.54, 1.807) is 0 Å². The molecule has 0 aliphatic carbocycles. The van der Waals surface area contributed by atoms with E-state index in [1.807, 2.05) is 0 Å². The molecule has 0 saturated carbocycles. The third-order valence-electron chi connectivity index (χ3n) is 2.75. The van der Waals surface area contributed by atoms with Gasteiger partial charge in [0.05, 0.1) is 0 Å². The molecule has 0 radical (unpaired) electrons. The van der Waals surface area contributed by atoms with Crippen LogP contribution in [-0.2, 0) is 0 Å². The van der Waals surface area contributed by atoms with Crippen molar-refractivity contribution >= 4 is 0 Å². The SMILES string of the molecule is CCCC(C)C.CCCCCCCC(C)C. The van der Waals surface area contributed by atoms with Crippen LogP contribution in [0.2, 0.25) is 0 Å². The lowest BCUT2D eigenvalue weighted by atomic mass is 10.0. The van der Waals surface area contributed by atoms with Gasteiger partial charge in [0.1, 0.15) is 0 Å². The zero-order chi connectivity index (χ0) is 12.8. The lowest BCUT2D eigenvalue weighted by molar-refractivity contribution is 0.518. The van der Waals surface area contributed by atoms with Crippen molar-refractivity contribution in [3.8, 4) is 0 Å². The summed E-state index contributed by atoms with van der Waals surface area (Å²) in [6.07, 6.45) is 11.3. The minimum atomic E-state index is 0.898. The van der Waals surface area contributed by atoms with E-state index < -0.39 is 0 Å². The summed E-state index contributed by atoms with van der Waals surface area (Å²) in [5.41, 5.74) is 0. The molecule has 0 atom stereocenters. The predicted molar refractivity (Wildman–Crippen MR) is 78.0 cm³/mol. The van der Waals surface area contributed by atoms with E-state index in [-0.39, 0.29) is 0 Å². The average Bonchev–Trinajstić information content (AvgIpc) is 2.17. The minimum absolute atomic E-state index is 0.898. The average molecular weight is 228 g/mol. The van der Waals surface area contributed by atoms with Crippen LogP contribution in [0.15, 0.2) is 0 Å². The molecule has 0 spiro atoms. The summed E-state index contributed by atoms with van der Waals surface area (Å²) >= 11 is 0. The molecule has 0 aromatic carbocycles. The topological polar surface area (TPSA) is 0 Å². The molecule has 16 heavy (non-hydrogen) atoms. The maximum Gasteiger partial charge on any atom is -0.0471 e. The van der Waals surface area contributed by atoms with Gasteiger partial charge in [-0.15, -0.1) is 0 Å². The number of unbranched alkanes of at least 4 members (excludes halogenated alkanes) is 4. The van der Waals surface area contributed by atoms with E-state index in [9.17, 15) is 0 Å². The van der Waals surface area contributed by atoms with E-state index >= 15 is 0 Å². The standard InChI is InChI=1S/C10H22.C6H14/c1-4-5-6-7-8-9-10(2)3;1-4-5-6(2)3/h10H,4-9H2,1-3H3;6H,4-5H2,1-3H3. The first kappa shape index (κ1) is 18.4. The van der Waals surface area contributed by atoms with Gasteiger partial charge in [-0.05, 0) is 11.8 Å². The van der Waals surface area contributed by atoms with Crippen LogP contribution in [0.5, 0.6) is 0 Å². The molecular formula is C16H36. The Morgan fingerprint density at radius 1 is 0.562 bits per heavy atom. The highest BCUT2D eigenvalue weighted by Gasteiger charge is 1.92. The van der Waals surface area contributed by atoms with Gasteiger partial charge in [0.2, 0.25) is 0 Å². The lowest BCUT2D eigenvalue weighted by Crippen LogP contribution is -1.86. The third-order valence-corrected chi connectivity index (χ3v) is 2.75. The Balaban J connectivity index is 0. The summed E-state index contributed by atoms with van der Waals surface area (Å²) in [6.45, 7) is 13.6. The van der Waals surface area contributed by atoms with Crippen molar-refractivity contribution in [2.75, 3.05) is 0 Å². The summed E-state index contributed by atoms with van der Waals surface area (Å²) in [6, 6.07) is 0. The number of hydrogen-bond donors (Lipinski definition) is 0. The Bertz CT molecular complexity index is 103. The van der Waals surface area contributed by atoms with Gasteiger partial charge in [-0.3, -0.25) is 0 Å². The smallest absolute Gasteiger partial charge is 0.0471 e. The van der Waals surface area contributed by atoms with Gasteiger partial charge in [0.15, 0.2) is 0 Å². The summed E-state index contributed by atoms with van der Waals surface area (Å²) in [7, 11) is 0. The molecule has 0 fully saturated rings. The first-order valence-corrected chi connectivity index (χ1v) is 7.54. The molecule has 0 saturated heterocycles. The largest absolute Gasteiger partial charge is 0.0654 e. The van der Waals surface area contributed by atoms with Crippen molar-refractivity contribution in [2.24, 2.45) is 11.8 Å². The van der Waals surface area contributed by atoms with E-state index in [1.165, 1.54) is 51.4 Å². The normalized spacial score (nSPS) is 10.5. The van der Waals surface area contributed by atoms with Crippen LogP contribution >= 0.6 is 0 Å². The molecular weight excluding hydrogens is 192 g/mol. The second-order valence-electron chi connectivity index (χ2n) is 5.78. The Hall–Kier alpha value is 0. The Morgan fingerprint density at radius 3 is 1.38 bits per heavy atom. The van der Waals surface area contributed by atoms with Crippen LogP contribution in [0.3, 0.4) is 0 Å². The van der Waals surface area contributed by atoms with E-state index in [2.05, 4.69) is 41.5 Å². The van der Waals surface area contributed by atoms with Gasteiger partial charge in [-0.1, -0.05) is 92.9 Å². The molecule has 0 aromatic heterocycles.